The van der Waals surface area contributed by atoms with Crippen molar-refractivity contribution in [3.05, 3.63) is 36.0 Å². The summed E-state index contributed by atoms with van der Waals surface area (Å²) in [5, 5.41) is 12.8. The SMILES string of the molecule is CCC(C)NCc1nn(C(C)C)nc1-c1ccccc1.Cl. The third-order valence-corrected chi connectivity index (χ3v) is 3.44. The summed E-state index contributed by atoms with van der Waals surface area (Å²) >= 11 is 0. The highest BCUT2D eigenvalue weighted by Gasteiger charge is 2.14. The summed E-state index contributed by atoms with van der Waals surface area (Å²) in [6.45, 7) is 9.32. The maximum absolute atomic E-state index is 4.65. The van der Waals surface area contributed by atoms with Gasteiger partial charge in [0, 0.05) is 18.2 Å². The Balaban J connectivity index is 0.00000220. The highest BCUT2D eigenvalue weighted by Crippen LogP contribution is 2.21. The second-order valence-corrected chi connectivity index (χ2v) is 5.47. The maximum Gasteiger partial charge on any atom is 0.117 e. The van der Waals surface area contributed by atoms with Crippen molar-refractivity contribution in [2.45, 2.75) is 52.7 Å². The third kappa shape index (κ3) is 4.55. The van der Waals surface area contributed by atoms with Crippen molar-refractivity contribution in [2.24, 2.45) is 0 Å². The summed E-state index contributed by atoms with van der Waals surface area (Å²) in [7, 11) is 0. The Labute approximate surface area is 133 Å². The summed E-state index contributed by atoms with van der Waals surface area (Å²) in [4.78, 5) is 1.80. The lowest BCUT2D eigenvalue weighted by Gasteiger charge is -2.10. The number of aromatic nitrogens is 3. The molecule has 1 unspecified atom stereocenters. The van der Waals surface area contributed by atoms with Crippen LogP contribution < -0.4 is 5.32 Å². The molecule has 0 saturated carbocycles. The zero-order valence-corrected chi connectivity index (χ0v) is 14.0. The number of nitrogens with one attached hydrogen (secondary N) is 1. The number of nitrogens with zero attached hydrogens (tertiary/aromatic N) is 3. The molecule has 116 valence electrons. The van der Waals surface area contributed by atoms with Crippen LogP contribution in [0.15, 0.2) is 30.3 Å². The Morgan fingerprint density at radius 1 is 1.10 bits per heavy atom. The van der Waals surface area contributed by atoms with Crippen LogP contribution in [0.2, 0.25) is 0 Å². The molecule has 1 atom stereocenters. The molecule has 1 aromatic carbocycles. The van der Waals surface area contributed by atoms with Crippen molar-refractivity contribution in [2.75, 3.05) is 0 Å². The zero-order valence-electron chi connectivity index (χ0n) is 13.2. The molecule has 1 N–H and O–H groups in total. The molecule has 1 heterocycles. The van der Waals surface area contributed by atoms with Gasteiger partial charge in [0.1, 0.15) is 11.4 Å². The number of halogens is 1. The highest BCUT2D eigenvalue weighted by atomic mass is 35.5. The standard InChI is InChI=1S/C16H24N4.ClH/c1-5-13(4)17-11-15-16(14-9-7-6-8-10-14)19-20(18-15)12(2)3;/h6-10,12-13,17H,5,11H2,1-4H3;1H. The van der Waals surface area contributed by atoms with E-state index in [0.29, 0.717) is 6.04 Å². The molecule has 0 spiro atoms. The van der Waals surface area contributed by atoms with Crippen molar-refractivity contribution in [1.29, 1.82) is 0 Å². The Morgan fingerprint density at radius 2 is 1.76 bits per heavy atom. The van der Waals surface area contributed by atoms with Gasteiger partial charge >= 0.3 is 0 Å². The first-order valence-corrected chi connectivity index (χ1v) is 7.36. The van der Waals surface area contributed by atoms with Crippen LogP contribution in [0.4, 0.5) is 0 Å². The smallest absolute Gasteiger partial charge is 0.117 e. The van der Waals surface area contributed by atoms with E-state index in [4.69, 9.17) is 0 Å². The summed E-state index contributed by atoms with van der Waals surface area (Å²) in [5.74, 6) is 0. The van der Waals surface area contributed by atoms with Crippen LogP contribution in [0.1, 0.15) is 45.9 Å². The average Bonchev–Trinajstić information content (AvgIpc) is 2.90. The van der Waals surface area contributed by atoms with E-state index in [1.165, 1.54) is 0 Å². The first-order chi connectivity index (χ1) is 9.61. The average molecular weight is 309 g/mol. The second kappa shape index (κ2) is 8.15. The lowest BCUT2D eigenvalue weighted by molar-refractivity contribution is 0.457. The van der Waals surface area contributed by atoms with Crippen molar-refractivity contribution < 1.29 is 0 Å². The molecule has 4 nitrogen and oxygen atoms in total. The van der Waals surface area contributed by atoms with E-state index in [1.807, 2.05) is 18.2 Å². The van der Waals surface area contributed by atoms with Gasteiger partial charge in [0.15, 0.2) is 0 Å². The summed E-state index contributed by atoms with van der Waals surface area (Å²) in [6.07, 6.45) is 1.11. The molecule has 0 aliphatic heterocycles. The molecule has 2 rings (SSSR count). The summed E-state index contributed by atoms with van der Waals surface area (Å²) < 4.78 is 0. The van der Waals surface area contributed by atoms with Gasteiger partial charge in [0.05, 0.1) is 6.04 Å². The predicted octanol–water partition coefficient (Wildman–Crippen LogP) is 3.84. The van der Waals surface area contributed by atoms with E-state index in [2.05, 4.69) is 55.3 Å². The van der Waals surface area contributed by atoms with E-state index < -0.39 is 0 Å². The zero-order chi connectivity index (χ0) is 14.5. The number of hydrogen-bond donors (Lipinski definition) is 1. The van der Waals surface area contributed by atoms with Gasteiger partial charge in [-0.05, 0) is 27.2 Å². The minimum atomic E-state index is 0. The van der Waals surface area contributed by atoms with Gasteiger partial charge in [-0.15, -0.1) is 12.4 Å². The van der Waals surface area contributed by atoms with Crippen LogP contribution in [0.25, 0.3) is 11.3 Å². The van der Waals surface area contributed by atoms with Crippen LogP contribution in [0.5, 0.6) is 0 Å². The fourth-order valence-corrected chi connectivity index (χ4v) is 1.94. The Hall–Kier alpha value is -1.39. The minimum Gasteiger partial charge on any atom is -0.309 e. The largest absolute Gasteiger partial charge is 0.309 e. The topological polar surface area (TPSA) is 42.7 Å². The molecule has 0 amide bonds. The van der Waals surface area contributed by atoms with Crippen LogP contribution in [0, 0.1) is 0 Å². The van der Waals surface area contributed by atoms with Gasteiger partial charge in [0.2, 0.25) is 0 Å². The highest BCUT2D eigenvalue weighted by molar-refractivity contribution is 5.85. The summed E-state index contributed by atoms with van der Waals surface area (Å²) in [6, 6.07) is 11.0. The molecule has 0 saturated heterocycles. The molecule has 0 bridgehead atoms. The molecule has 0 aliphatic carbocycles. The molecular weight excluding hydrogens is 284 g/mol. The van der Waals surface area contributed by atoms with Gasteiger partial charge < -0.3 is 5.32 Å². The quantitative estimate of drug-likeness (QED) is 0.881. The van der Waals surface area contributed by atoms with E-state index in [9.17, 15) is 0 Å². The lowest BCUT2D eigenvalue weighted by Crippen LogP contribution is -2.25. The van der Waals surface area contributed by atoms with Crippen molar-refractivity contribution in [1.82, 2.24) is 20.3 Å². The van der Waals surface area contributed by atoms with Gasteiger partial charge in [-0.3, -0.25) is 0 Å². The Kier molecular flexibility index (Phi) is 6.85. The normalized spacial score (nSPS) is 12.2. The lowest BCUT2D eigenvalue weighted by atomic mass is 10.1. The Morgan fingerprint density at radius 3 is 2.33 bits per heavy atom. The molecule has 0 fully saturated rings. The van der Waals surface area contributed by atoms with Gasteiger partial charge in [0.25, 0.3) is 0 Å². The van der Waals surface area contributed by atoms with Crippen molar-refractivity contribution >= 4 is 12.4 Å². The summed E-state index contributed by atoms with van der Waals surface area (Å²) in [5.41, 5.74) is 3.13. The first kappa shape index (κ1) is 17.7. The van der Waals surface area contributed by atoms with Gasteiger partial charge in [-0.1, -0.05) is 37.3 Å². The van der Waals surface area contributed by atoms with E-state index in [1.54, 1.807) is 4.80 Å². The molecule has 0 aliphatic rings. The van der Waals surface area contributed by atoms with Gasteiger partial charge in [-0.2, -0.15) is 15.0 Å². The van der Waals surface area contributed by atoms with Crippen molar-refractivity contribution in [3.8, 4) is 11.3 Å². The molecule has 0 radical (unpaired) electrons. The maximum atomic E-state index is 4.65. The number of hydrogen-bond acceptors (Lipinski definition) is 3. The van der Waals surface area contributed by atoms with Crippen LogP contribution in [-0.4, -0.2) is 21.0 Å². The van der Waals surface area contributed by atoms with E-state index in [-0.39, 0.29) is 18.4 Å². The fourth-order valence-electron chi connectivity index (χ4n) is 1.94. The molecule has 5 heteroatoms. The van der Waals surface area contributed by atoms with Crippen LogP contribution in [0.3, 0.4) is 0 Å². The van der Waals surface area contributed by atoms with E-state index in [0.717, 1.165) is 29.9 Å². The molecule has 1 aromatic heterocycles. The number of benzene rings is 1. The molecular formula is C16H25ClN4. The van der Waals surface area contributed by atoms with Gasteiger partial charge in [-0.25, -0.2) is 0 Å². The first-order valence-electron chi connectivity index (χ1n) is 7.36. The number of rotatable bonds is 6. The van der Waals surface area contributed by atoms with Crippen molar-refractivity contribution in [3.63, 3.8) is 0 Å². The van der Waals surface area contributed by atoms with E-state index >= 15 is 0 Å². The predicted molar refractivity (Wildman–Crippen MR) is 89.7 cm³/mol. The monoisotopic (exact) mass is 308 g/mol. The molecule has 2 aromatic rings. The third-order valence-electron chi connectivity index (χ3n) is 3.44. The minimum absolute atomic E-state index is 0. The Bertz CT molecular complexity index is 536. The van der Waals surface area contributed by atoms with Crippen LogP contribution >= 0.6 is 12.4 Å². The van der Waals surface area contributed by atoms with Crippen LogP contribution in [-0.2, 0) is 6.54 Å². The second-order valence-electron chi connectivity index (χ2n) is 5.47. The fraction of sp³-hybridized carbons (Fsp3) is 0.500. The molecule has 21 heavy (non-hydrogen) atoms.